The van der Waals surface area contributed by atoms with Gasteiger partial charge in [-0.3, -0.25) is 0 Å². The topological polar surface area (TPSA) is 63.1 Å². The molecule has 0 aliphatic carbocycles. The van der Waals surface area contributed by atoms with Crippen molar-refractivity contribution in [2.24, 2.45) is 0 Å². The number of carboxylic acids is 1. The number of hydrogen-bond acceptors (Lipinski definition) is 3. The second-order valence-electron chi connectivity index (χ2n) is 5.92. The molecule has 0 saturated carbocycles. The van der Waals surface area contributed by atoms with Gasteiger partial charge in [-0.1, -0.05) is 36.1 Å². The van der Waals surface area contributed by atoms with Crippen LogP contribution in [0.15, 0.2) is 79.1 Å². The van der Waals surface area contributed by atoms with Gasteiger partial charge in [-0.05, 0) is 42.5 Å². The lowest BCUT2D eigenvalue weighted by Gasteiger charge is -2.10. The number of nitrogens with zero attached hydrogens (tertiary/aromatic N) is 2. The Morgan fingerprint density at radius 1 is 0.889 bits per heavy atom. The predicted octanol–water partition coefficient (Wildman–Crippen LogP) is 4.39. The molecule has 2 aromatic heterocycles. The number of pyridine rings is 2. The van der Waals surface area contributed by atoms with E-state index in [2.05, 4.69) is 21.8 Å². The maximum atomic E-state index is 11.8. The van der Waals surface area contributed by atoms with Gasteiger partial charge in [-0.2, -0.15) is 0 Å². The fraction of sp³-hybridized carbons (Fsp3) is 0. The zero-order valence-electron chi connectivity index (χ0n) is 14.3. The molecule has 2 aromatic carbocycles. The molecule has 0 amide bonds. The van der Waals surface area contributed by atoms with Gasteiger partial charge in [0.05, 0.1) is 5.56 Å². The lowest BCUT2D eigenvalue weighted by atomic mass is 9.94. The lowest BCUT2D eigenvalue weighted by molar-refractivity contribution is 0.0697. The first-order valence-electron chi connectivity index (χ1n) is 8.37. The quantitative estimate of drug-likeness (QED) is 0.545. The van der Waals surface area contributed by atoms with E-state index in [1.54, 1.807) is 24.5 Å². The third kappa shape index (κ3) is 3.39. The first kappa shape index (κ1) is 16.5. The Labute approximate surface area is 156 Å². The molecule has 128 valence electrons. The Morgan fingerprint density at radius 3 is 2.56 bits per heavy atom. The molecule has 0 aliphatic heterocycles. The van der Waals surface area contributed by atoms with E-state index in [0.717, 1.165) is 10.9 Å². The summed E-state index contributed by atoms with van der Waals surface area (Å²) in [6, 6.07) is 20.3. The largest absolute Gasteiger partial charge is 0.478 e. The predicted molar refractivity (Wildman–Crippen MR) is 104 cm³/mol. The number of fused-ring (bicyclic) bond motifs is 1. The minimum Gasteiger partial charge on any atom is -0.478 e. The average molecular weight is 350 g/mol. The van der Waals surface area contributed by atoms with Crippen LogP contribution in [0.2, 0.25) is 0 Å². The minimum absolute atomic E-state index is 0.194. The van der Waals surface area contributed by atoms with Crippen molar-refractivity contribution in [2.75, 3.05) is 0 Å². The van der Waals surface area contributed by atoms with Crippen LogP contribution in [0.3, 0.4) is 0 Å². The van der Waals surface area contributed by atoms with Gasteiger partial charge in [0, 0.05) is 40.0 Å². The van der Waals surface area contributed by atoms with E-state index in [1.807, 2.05) is 54.6 Å². The lowest BCUT2D eigenvalue weighted by Crippen LogP contribution is -2.02. The molecule has 0 aliphatic rings. The number of aromatic nitrogens is 2. The SMILES string of the molecule is O=C(O)c1cccc(C#Cc2ccccc2)c1-c1cnc2ncccc2c1. The number of carboxylic acid groups (broad SMARTS) is 1. The third-order valence-electron chi connectivity index (χ3n) is 4.15. The van der Waals surface area contributed by atoms with E-state index in [0.29, 0.717) is 22.3 Å². The van der Waals surface area contributed by atoms with Crippen molar-refractivity contribution in [1.29, 1.82) is 0 Å². The Hall–Kier alpha value is -3.97. The number of hydrogen-bond donors (Lipinski definition) is 1. The van der Waals surface area contributed by atoms with E-state index in [4.69, 9.17) is 0 Å². The molecule has 27 heavy (non-hydrogen) atoms. The summed E-state index contributed by atoms with van der Waals surface area (Å²) in [7, 11) is 0. The summed E-state index contributed by atoms with van der Waals surface area (Å²) in [6.07, 6.45) is 3.32. The molecule has 2 heterocycles. The number of benzene rings is 2. The van der Waals surface area contributed by atoms with Crippen LogP contribution in [0.4, 0.5) is 0 Å². The summed E-state index contributed by atoms with van der Waals surface area (Å²) in [5, 5.41) is 10.5. The molecule has 4 rings (SSSR count). The first-order valence-corrected chi connectivity index (χ1v) is 8.37. The van der Waals surface area contributed by atoms with E-state index < -0.39 is 5.97 Å². The highest BCUT2D eigenvalue weighted by Gasteiger charge is 2.16. The van der Waals surface area contributed by atoms with Gasteiger partial charge in [0.15, 0.2) is 5.65 Å². The fourth-order valence-corrected chi connectivity index (χ4v) is 2.91. The van der Waals surface area contributed by atoms with Gasteiger partial charge in [0.25, 0.3) is 0 Å². The van der Waals surface area contributed by atoms with Crippen molar-refractivity contribution in [3.8, 4) is 23.0 Å². The molecule has 0 atom stereocenters. The van der Waals surface area contributed by atoms with E-state index in [-0.39, 0.29) is 5.56 Å². The van der Waals surface area contributed by atoms with Crippen LogP contribution in [0.1, 0.15) is 21.5 Å². The normalized spacial score (nSPS) is 10.2. The highest BCUT2D eigenvalue weighted by molar-refractivity contribution is 5.98. The summed E-state index contributed by atoms with van der Waals surface area (Å²) in [5.74, 6) is 5.21. The Bertz CT molecular complexity index is 1210. The molecule has 4 heteroatoms. The number of carbonyl (C=O) groups is 1. The molecule has 4 aromatic rings. The smallest absolute Gasteiger partial charge is 0.336 e. The van der Waals surface area contributed by atoms with Crippen LogP contribution in [0.5, 0.6) is 0 Å². The highest BCUT2D eigenvalue weighted by atomic mass is 16.4. The van der Waals surface area contributed by atoms with Crippen molar-refractivity contribution in [3.05, 3.63) is 95.8 Å². The Balaban J connectivity index is 1.91. The first-order chi connectivity index (χ1) is 13.2. The summed E-state index contributed by atoms with van der Waals surface area (Å²) in [5.41, 5.74) is 3.58. The molecule has 4 nitrogen and oxygen atoms in total. The molecule has 0 fully saturated rings. The van der Waals surface area contributed by atoms with Crippen molar-refractivity contribution in [1.82, 2.24) is 9.97 Å². The Morgan fingerprint density at radius 2 is 1.74 bits per heavy atom. The van der Waals surface area contributed by atoms with E-state index in [9.17, 15) is 9.90 Å². The van der Waals surface area contributed by atoms with Gasteiger partial charge in [-0.25, -0.2) is 14.8 Å². The van der Waals surface area contributed by atoms with Gasteiger partial charge in [0.1, 0.15) is 0 Å². The van der Waals surface area contributed by atoms with Gasteiger partial charge in [0.2, 0.25) is 0 Å². The second-order valence-corrected chi connectivity index (χ2v) is 5.92. The van der Waals surface area contributed by atoms with E-state index >= 15 is 0 Å². The van der Waals surface area contributed by atoms with Gasteiger partial charge in [-0.15, -0.1) is 0 Å². The summed E-state index contributed by atoms with van der Waals surface area (Å²) >= 11 is 0. The van der Waals surface area contributed by atoms with E-state index in [1.165, 1.54) is 0 Å². The molecule has 0 radical (unpaired) electrons. The number of rotatable bonds is 2. The third-order valence-corrected chi connectivity index (χ3v) is 4.15. The van der Waals surface area contributed by atoms with Crippen LogP contribution >= 0.6 is 0 Å². The summed E-state index contributed by atoms with van der Waals surface area (Å²) < 4.78 is 0. The van der Waals surface area contributed by atoms with Crippen LogP contribution in [0, 0.1) is 11.8 Å². The summed E-state index contributed by atoms with van der Waals surface area (Å²) in [4.78, 5) is 20.4. The molecule has 0 saturated heterocycles. The zero-order chi connectivity index (χ0) is 18.6. The highest BCUT2D eigenvalue weighted by Crippen LogP contribution is 2.29. The maximum Gasteiger partial charge on any atom is 0.336 e. The molecular weight excluding hydrogens is 336 g/mol. The van der Waals surface area contributed by atoms with Crippen LogP contribution < -0.4 is 0 Å². The summed E-state index contributed by atoms with van der Waals surface area (Å²) in [6.45, 7) is 0. The molecule has 0 bridgehead atoms. The van der Waals surface area contributed by atoms with Crippen molar-refractivity contribution in [3.63, 3.8) is 0 Å². The Kier molecular flexibility index (Phi) is 4.34. The molecule has 1 N–H and O–H groups in total. The minimum atomic E-state index is -1.00. The van der Waals surface area contributed by atoms with Crippen molar-refractivity contribution in [2.45, 2.75) is 0 Å². The monoisotopic (exact) mass is 350 g/mol. The molecular formula is C23H14N2O2. The van der Waals surface area contributed by atoms with Gasteiger partial charge < -0.3 is 5.11 Å². The molecule has 0 spiro atoms. The maximum absolute atomic E-state index is 11.8. The van der Waals surface area contributed by atoms with Crippen molar-refractivity contribution >= 4 is 17.0 Å². The fourth-order valence-electron chi connectivity index (χ4n) is 2.91. The van der Waals surface area contributed by atoms with Crippen molar-refractivity contribution < 1.29 is 9.90 Å². The van der Waals surface area contributed by atoms with Gasteiger partial charge >= 0.3 is 5.97 Å². The van der Waals surface area contributed by atoms with Crippen LogP contribution in [0.25, 0.3) is 22.2 Å². The standard InChI is InChI=1S/C23H14N2O2/c26-23(27)20-10-4-8-17(12-11-16-6-2-1-3-7-16)21(20)19-14-18-9-5-13-24-22(18)25-15-19/h1-10,13-15H,(H,26,27). The second kappa shape index (κ2) is 7.11. The average Bonchev–Trinajstić information content (AvgIpc) is 2.72. The van der Waals surface area contributed by atoms with Crippen LogP contribution in [-0.2, 0) is 0 Å². The number of aromatic carboxylic acids is 1. The zero-order valence-corrected chi connectivity index (χ0v) is 14.3. The van der Waals surface area contributed by atoms with Crippen LogP contribution in [-0.4, -0.2) is 21.0 Å². The molecule has 0 unspecified atom stereocenters.